The zero-order valence-electron chi connectivity index (χ0n) is 15.0. The van der Waals surface area contributed by atoms with Crippen LogP contribution in [0.3, 0.4) is 0 Å². The lowest BCUT2D eigenvalue weighted by Gasteiger charge is -2.14. The molecule has 3 heterocycles. The van der Waals surface area contributed by atoms with Crippen molar-refractivity contribution in [1.82, 2.24) is 15.2 Å². The second kappa shape index (κ2) is 7.78. The Hall–Kier alpha value is -3.63. The van der Waals surface area contributed by atoms with E-state index in [1.807, 2.05) is 6.07 Å². The first-order valence-corrected chi connectivity index (χ1v) is 8.65. The van der Waals surface area contributed by atoms with Gasteiger partial charge in [-0.2, -0.15) is 5.10 Å². The van der Waals surface area contributed by atoms with Crippen LogP contribution in [0.15, 0.2) is 48.8 Å². The average Bonchev–Trinajstić information content (AvgIpc) is 3.36. The minimum absolute atomic E-state index is 0.0525. The van der Waals surface area contributed by atoms with Gasteiger partial charge in [-0.15, -0.1) is 0 Å². The Morgan fingerprint density at radius 2 is 2.21 bits per heavy atom. The lowest BCUT2D eigenvalue weighted by molar-refractivity contribution is -0.130. The molecule has 0 bridgehead atoms. The molecule has 148 valence electrons. The Labute approximate surface area is 164 Å². The largest absolute Gasteiger partial charge is 0.436 e. The number of pyridine rings is 1. The molecule has 9 nitrogen and oxygen atoms in total. The van der Waals surface area contributed by atoms with Crippen molar-refractivity contribution >= 4 is 17.6 Å². The van der Waals surface area contributed by atoms with Gasteiger partial charge in [-0.25, -0.2) is 15.1 Å². The normalized spacial score (nSPS) is 16.1. The molecule has 10 heteroatoms. The molecular formula is C19H16FN5O4. The summed E-state index contributed by atoms with van der Waals surface area (Å²) in [6.45, 7) is -0.432. The van der Waals surface area contributed by atoms with E-state index in [0.29, 0.717) is 17.0 Å². The van der Waals surface area contributed by atoms with E-state index >= 15 is 0 Å². The number of amides is 1. The van der Waals surface area contributed by atoms with E-state index in [4.69, 9.17) is 10.6 Å². The fourth-order valence-corrected chi connectivity index (χ4v) is 3.10. The summed E-state index contributed by atoms with van der Waals surface area (Å²) in [5.74, 6) is 3.83. The fraction of sp³-hybridized carbons (Fsp3) is 0.158. The number of rotatable bonds is 6. The molecule has 1 aromatic carbocycles. The number of nitrogens with two attached hydrogens (primary N) is 1. The number of ether oxygens (including phenoxy) is 1. The molecule has 1 aliphatic heterocycles. The van der Waals surface area contributed by atoms with Gasteiger partial charge in [0.05, 0.1) is 29.8 Å². The summed E-state index contributed by atoms with van der Waals surface area (Å²) in [7, 11) is 0. The van der Waals surface area contributed by atoms with Gasteiger partial charge in [-0.05, 0) is 30.3 Å². The molecule has 0 radical (unpaired) electrons. The molecule has 0 aliphatic carbocycles. The van der Waals surface area contributed by atoms with Crippen LogP contribution in [0.2, 0.25) is 0 Å². The van der Waals surface area contributed by atoms with Crippen molar-refractivity contribution in [2.24, 2.45) is 5.90 Å². The third kappa shape index (κ3) is 3.58. The second-order valence-electron chi connectivity index (χ2n) is 6.30. The number of aromatic amines is 1. The van der Waals surface area contributed by atoms with E-state index in [2.05, 4.69) is 20.0 Å². The van der Waals surface area contributed by atoms with Crippen LogP contribution in [0.5, 0.6) is 0 Å². The van der Waals surface area contributed by atoms with Gasteiger partial charge in [-0.1, -0.05) is 6.07 Å². The number of nitrogens with zero attached hydrogens (tertiary/aromatic N) is 3. The third-order valence-electron chi connectivity index (χ3n) is 4.51. The van der Waals surface area contributed by atoms with Crippen LogP contribution in [0.4, 0.5) is 14.9 Å². The maximum Gasteiger partial charge on any atom is 0.415 e. The van der Waals surface area contributed by atoms with Gasteiger partial charge in [-0.3, -0.25) is 24.6 Å². The zero-order chi connectivity index (χ0) is 20.4. The maximum atomic E-state index is 14.9. The number of carbonyl (C=O) groups is 2. The number of halogens is 1. The van der Waals surface area contributed by atoms with E-state index in [0.717, 1.165) is 0 Å². The quantitative estimate of drug-likeness (QED) is 0.610. The Morgan fingerprint density at radius 1 is 1.34 bits per heavy atom. The number of cyclic esters (lactones) is 1. The number of hydrogen-bond acceptors (Lipinski definition) is 7. The molecular weight excluding hydrogens is 381 g/mol. The first-order chi connectivity index (χ1) is 14.1. The van der Waals surface area contributed by atoms with Crippen molar-refractivity contribution in [3.63, 3.8) is 0 Å². The van der Waals surface area contributed by atoms with Gasteiger partial charge in [0, 0.05) is 17.3 Å². The summed E-state index contributed by atoms with van der Waals surface area (Å²) >= 11 is 0. The van der Waals surface area contributed by atoms with E-state index in [-0.39, 0.29) is 24.4 Å². The predicted molar refractivity (Wildman–Crippen MR) is 100.0 cm³/mol. The topological polar surface area (TPSA) is 123 Å². The minimum atomic E-state index is -1.02. The number of benzene rings is 1. The van der Waals surface area contributed by atoms with Crippen molar-refractivity contribution in [2.45, 2.75) is 6.10 Å². The molecule has 0 spiro atoms. The van der Waals surface area contributed by atoms with Crippen LogP contribution in [0, 0.1) is 5.82 Å². The number of H-pyrrole nitrogens is 1. The van der Waals surface area contributed by atoms with Crippen LogP contribution in [-0.4, -0.2) is 46.3 Å². The van der Waals surface area contributed by atoms with Crippen LogP contribution in [0.1, 0.15) is 0 Å². The molecule has 0 saturated carbocycles. The number of hydrogen-bond donors (Lipinski definition) is 2. The third-order valence-corrected chi connectivity index (χ3v) is 4.51. The van der Waals surface area contributed by atoms with Crippen molar-refractivity contribution in [3.8, 4) is 22.5 Å². The second-order valence-corrected chi connectivity index (χ2v) is 6.30. The molecule has 3 aromatic rings. The van der Waals surface area contributed by atoms with Crippen molar-refractivity contribution < 1.29 is 23.6 Å². The standard InChI is InChI=1S/C19H16FN5O4/c20-14-7-11(25-9-17(29-19(25)27)16(26)10-28-21)4-5-12(14)18-13(8-23-24-18)15-3-1-2-6-22-15/h1-8,17H,9-10,21H2,(H,23,24). The molecule has 1 fully saturated rings. The summed E-state index contributed by atoms with van der Waals surface area (Å²) in [6.07, 6.45) is 1.44. The highest BCUT2D eigenvalue weighted by Gasteiger charge is 2.37. The van der Waals surface area contributed by atoms with E-state index in [9.17, 15) is 14.0 Å². The SMILES string of the molecule is NOCC(=O)C1CN(c2ccc(-c3[nH]ncc3-c3ccccn3)c(F)c2)C(=O)O1. The smallest absolute Gasteiger partial charge is 0.415 e. The molecule has 3 N–H and O–H groups in total. The summed E-state index contributed by atoms with van der Waals surface area (Å²) in [5, 5.41) is 6.79. The Bertz CT molecular complexity index is 1060. The van der Waals surface area contributed by atoms with Gasteiger partial charge in [0.15, 0.2) is 6.10 Å². The lowest BCUT2D eigenvalue weighted by Crippen LogP contribution is -2.31. The Balaban J connectivity index is 1.61. The van der Waals surface area contributed by atoms with Gasteiger partial charge in [0.25, 0.3) is 0 Å². The van der Waals surface area contributed by atoms with Crippen molar-refractivity contribution in [1.29, 1.82) is 0 Å². The molecule has 1 unspecified atom stereocenters. The predicted octanol–water partition coefficient (Wildman–Crippen LogP) is 2.06. The van der Waals surface area contributed by atoms with Crippen LogP contribution in [0.25, 0.3) is 22.5 Å². The minimum Gasteiger partial charge on any atom is -0.436 e. The highest BCUT2D eigenvalue weighted by molar-refractivity contribution is 5.97. The summed E-state index contributed by atoms with van der Waals surface area (Å²) in [6, 6.07) is 9.69. The first-order valence-electron chi connectivity index (χ1n) is 8.65. The lowest BCUT2D eigenvalue weighted by atomic mass is 10.0. The summed E-state index contributed by atoms with van der Waals surface area (Å²) in [4.78, 5) is 33.6. The van der Waals surface area contributed by atoms with E-state index < -0.39 is 23.8 Å². The number of Topliss-reactive ketones (excluding diaryl/α,β-unsaturated/α-hetero) is 1. The van der Waals surface area contributed by atoms with Gasteiger partial charge >= 0.3 is 6.09 Å². The average molecular weight is 397 g/mol. The summed E-state index contributed by atoms with van der Waals surface area (Å²) in [5.41, 5.74) is 2.28. The van der Waals surface area contributed by atoms with Crippen molar-refractivity contribution in [2.75, 3.05) is 18.1 Å². The Kier molecular flexibility index (Phi) is 5.02. The van der Waals surface area contributed by atoms with Crippen LogP contribution >= 0.6 is 0 Å². The number of aromatic nitrogens is 3. The maximum absolute atomic E-state index is 14.9. The number of ketones is 1. The van der Waals surface area contributed by atoms with Gasteiger partial charge in [0.1, 0.15) is 12.4 Å². The molecule has 4 rings (SSSR count). The van der Waals surface area contributed by atoms with Gasteiger partial charge < -0.3 is 4.74 Å². The fourth-order valence-electron chi connectivity index (χ4n) is 3.10. The molecule has 1 atom stereocenters. The van der Waals surface area contributed by atoms with Crippen LogP contribution < -0.4 is 10.8 Å². The van der Waals surface area contributed by atoms with E-state index in [1.54, 1.807) is 30.6 Å². The molecule has 2 aromatic heterocycles. The zero-order valence-corrected chi connectivity index (χ0v) is 15.0. The Morgan fingerprint density at radius 3 is 2.93 bits per heavy atom. The van der Waals surface area contributed by atoms with E-state index in [1.165, 1.54) is 17.0 Å². The molecule has 29 heavy (non-hydrogen) atoms. The molecule has 1 saturated heterocycles. The van der Waals surface area contributed by atoms with Crippen LogP contribution in [-0.2, 0) is 14.4 Å². The highest BCUT2D eigenvalue weighted by Crippen LogP contribution is 2.33. The number of carbonyl (C=O) groups excluding carboxylic acids is 2. The highest BCUT2D eigenvalue weighted by atomic mass is 19.1. The van der Waals surface area contributed by atoms with Crippen molar-refractivity contribution in [3.05, 3.63) is 54.6 Å². The number of anilines is 1. The monoisotopic (exact) mass is 397 g/mol. The van der Waals surface area contributed by atoms with Gasteiger partial charge in [0.2, 0.25) is 5.78 Å². The molecule has 1 amide bonds. The summed E-state index contributed by atoms with van der Waals surface area (Å²) < 4.78 is 19.9. The first kappa shape index (κ1) is 18.7. The number of nitrogens with one attached hydrogen (secondary N) is 1. The molecule has 1 aliphatic rings.